The Balaban J connectivity index is 0.000000266. The van der Waals surface area contributed by atoms with E-state index in [1.807, 2.05) is 24.3 Å². The Labute approximate surface area is 173 Å². The normalized spacial score (nSPS) is 19.9. The Bertz CT molecular complexity index is 699. The molecule has 3 nitrogen and oxygen atoms in total. The van der Waals surface area contributed by atoms with E-state index < -0.39 is 16.6 Å². The highest BCUT2D eigenvalue weighted by Crippen LogP contribution is 2.41. The highest BCUT2D eigenvalue weighted by Gasteiger charge is 2.41. The van der Waals surface area contributed by atoms with Crippen molar-refractivity contribution in [1.29, 1.82) is 0 Å². The molecule has 1 saturated heterocycles. The van der Waals surface area contributed by atoms with Crippen molar-refractivity contribution in [3.63, 3.8) is 0 Å². The number of benzene rings is 2. The number of para-hydroxylation sites is 1. The summed E-state index contributed by atoms with van der Waals surface area (Å²) in [5, 5.41) is 10.1. The zero-order valence-electron chi connectivity index (χ0n) is 18.4. The minimum absolute atomic E-state index is 0.159. The van der Waals surface area contributed by atoms with Crippen LogP contribution >= 0.6 is 0 Å². The molecule has 1 aliphatic rings. The van der Waals surface area contributed by atoms with Gasteiger partial charge in [-0.15, -0.1) is 0 Å². The van der Waals surface area contributed by atoms with Crippen LogP contribution in [0.15, 0.2) is 60.7 Å². The maximum absolute atomic E-state index is 10.1. The topological polar surface area (TPSA) is 32.7 Å². The highest BCUT2D eigenvalue weighted by molar-refractivity contribution is 6.83. The second-order valence-corrected chi connectivity index (χ2v) is 18.7. The summed E-state index contributed by atoms with van der Waals surface area (Å²) in [4.78, 5) is 2.35. The molecule has 2 aromatic rings. The third kappa shape index (κ3) is 6.31. The van der Waals surface area contributed by atoms with Crippen LogP contribution in [-0.4, -0.2) is 34.9 Å². The minimum Gasteiger partial charge on any atom is -0.456 e. The van der Waals surface area contributed by atoms with Crippen molar-refractivity contribution in [2.24, 2.45) is 0 Å². The van der Waals surface area contributed by atoms with Crippen LogP contribution in [0.4, 0.5) is 5.69 Å². The lowest BCUT2D eigenvalue weighted by atomic mass is 9.87. The highest BCUT2D eigenvalue weighted by atomic mass is 28.4. The van der Waals surface area contributed by atoms with Crippen LogP contribution in [0.2, 0.25) is 39.3 Å². The van der Waals surface area contributed by atoms with Gasteiger partial charge in [0.05, 0.1) is 12.1 Å². The van der Waals surface area contributed by atoms with E-state index in [9.17, 15) is 5.11 Å². The first-order valence-corrected chi connectivity index (χ1v) is 17.1. The SMILES string of the molecule is C[Si](C)(C)O[Si](C)(C)C.OC[C@@]1(c2ccccc2)CCCN1c1ccccc1. The van der Waals surface area contributed by atoms with E-state index in [0.717, 1.165) is 19.4 Å². The predicted octanol–water partition coefficient (Wildman–Crippen LogP) is 5.85. The van der Waals surface area contributed by atoms with Crippen molar-refractivity contribution in [3.8, 4) is 0 Å². The third-order valence-corrected chi connectivity index (χ3v) is 9.64. The molecule has 154 valence electrons. The fourth-order valence-corrected chi connectivity index (χ4v) is 11.4. The van der Waals surface area contributed by atoms with E-state index in [0.29, 0.717) is 0 Å². The Morgan fingerprint density at radius 1 is 0.857 bits per heavy atom. The van der Waals surface area contributed by atoms with Crippen LogP contribution in [0, 0.1) is 0 Å². The molecule has 0 radical (unpaired) electrons. The Hall–Kier alpha value is -1.41. The standard InChI is InChI=1S/C17H19NO.C6H18OSi2/c19-14-17(15-8-3-1-4-9-15)12-7-13-18(17)16-10-5-2-6-11-16;1-8(2,3)7-9(4,5)6/h1-6,8-11,19H,7,12-14H2;1-6H3/t17-;/m1./s1. The van der Waals surface area contributed by atoms with Crippen molar-refractivity contribution in [2.75, 3.05) is 18.1 Å². The predicted molar refractivity (Wildman–Crippen MR) is 126 cm³/mol. The molecule has 1 heterocycles. The molecule has 5 heteroatoms. The van der Waals surface area contributed by atoms with Gasteiger partial charge in [0.1, 0.15) is 0 Å². The molecule has 1 aliphatic heterocycles. The fourth-order valence-electron chi connectivity index (χ4n) is 4.09. The van der Waals surface area contributed by atoms with Gasteiger partial charge in [-0.05, 0) is 69.8 Å². The van der Waals surface area contributed by atoms with Crippen LogP contribution in [0.1, 0.15) is 18.4 Å². The summed E-state index contributed by atoms with van der Waals surface area (Å²) in [6.45, 7) is 14.6. The van der Waals surface area contributed by atoms with Crippen molar-refractivity contribution < 1.29 is 9.22 Å². The van der Waals surface area contributed by atoms with E-state index in [1.54, 1.807) is 0 Å². The summed E-state index contributed by atoms with van der Waals surface area (Å²) in [6, 6.07) is 20.8. The fraction of sp³-hybridized carbons (Fsp3) is 0.478. The van der Waals surface area contributed by atoms with Gasteiger partial charge in [0.2, 0.25) is 0 Å². The molecule has 0 bridgehead atoms. The number of rotatable bonds is 5. The summed E-state index contributed by atoms with van der Waals surface area (Å²) in [5.74, 6) is 0. The summed E-state index contributed by atoms with van der Waals surface area (Å²) in [6.07, 6.45) is 2.12. The van der Waals surface area contributed by atoms with E-state index in [4.69, 9.17) is 4.12 Å². The molecule has 0 amide bonds. The quantitative estimate of drug-likeness (QED) is 0.622. The largest absolute Gasteiger partial charge is 0.456 e. The average molecular weight is 416 g/mol. The Morgan fingerprint density at radius 2 is 1.36 bits per heavy atom. The zero-order valence-corrected chi connectivity index (χ0v) is 20.4. The lowest BCUT2D eigenvalue weighted by molar-refractivity contribution is 0.198. The summed E-state index contributed by atoms with van der Waals surface area (Å²) >= 11 is 0. The lowest BCUT2D eigenvalue weighted by Gasteiger charge is -2.39. The first-order chi connectivity index (χ1) is 13.1. The molecular weight excluding hydrogens is 378 g/mol. The molecule has 0 aliphatic carbocycles. The van der Waals surface area contributed by atoms with Crippen LogP contribution in [0.25, 0.3) is 0 Å². The summed E-state index contributed by atoms with van der Waals surface area (Å²) in [7, 11) is -2.46. The van der Waals surface area contributed by atoms with Crippen LogP contribution in [0.5, 0.6) is 0 Å². The maximum atomic E-state index is 10.1. The smallest absolute Gasteiger partial charge is 0.170 e. The molecule has 2 aromatic carbocycles. The van der Waals surface area contributed by atoms with Gasteiger partial charge in [-0.3, -0.25) is 0 Å². The number of nitrogens with zero attached hydrogens (tertiary/aromatic N) is 1. The number of aliphatic hydroxyl groups excluding tert-OH is 1. The van der Waals surface area contributed by atoms with Crippen LogP contribution in [-0.2, 0) is 9.65 Å². The van der Waals surface area contributed by atoms with E-state index in [2.05, 4.69) is 80.6 Å². The minimum atomic E-state index is -1.23. The molecule has 0 unspecified atom stereocenters. The number of aliphatic hydroxyl groups is 1. The molecule has 28 heavy (non-hydrogen) atoms. The van der Waals surface area contributed by atoms with Crippen molar-refractivity contribution in [1.82, 2.24) is 0 Å². The van der Waals surface area contributed by atoms with Gasteiger partial charge in [0.15, 0.2) is 16.6 Å². The molecule has 1 fully saturated rings. The van der Waals surface area contributed by atoms with Gasteiger partial charge in [0, 0.05) is 12.2 Å². The van der Waals surface area contributed by atoms with Gasteiger partial charge in [0.25, 0.3) is 0 Å². The average Bonchev–Trinajstić information content (AvgIpc) is 3.06. The first kappa shape index (κ1) is 22.9. The van der Waals surface area contributed by atoms with Gasteiger partial charge in [-0.25, -0.2) is 0 Å². The monoisotopic (exact) mass is 415 g/mol. The molecule has 1 atom stereocenters. The molecule has 3 rings (SSSR count). The van der Waals surface area contributed by atoms with Gasteiger partial charge in [-0.2, -0.15) is 0 Å². The van der Waals surface area contributed by atoms with E-state index in [1.165, 1.54) is 11.3 Å². The molecule has 0 saturated carbocycles. The first-order valence-electron chi connectivity index (χ1n) is 10.3. The van der Waals surface area contributed by atoms with E-state index >= 15 is 0 Å². The number of hydrogen-bond acceptors (Lipinski definition) is 3. The number of hydrogen-bond donors (Lipinski definition) is 1. The van der Waals surface area contributed by atoms with Gasteiger partial charge in [-0.1, -0.05) is 48.5 Å². The lowest BCUT2D eigenvalue weighted by Crippen LogP contribution is -2.44. The maximum Gasteiger partial charge on any atom is 0.170 e. The van der Waals surface area contributed by atoms with E-state index in [-0.39, 0.29) is 12.1 Å². The summed E-state index contributed by atoms with van der Waals surface area (Å²) < 4.78 is 5.90. The van der Waals surface area contributed by atoms with Crippen LogP contribution in [0.3, 0.4) is 0 Å². The Morgan fingerprint density at radius 3 is 1.79 bits per heavy atom. The molecule has 0 spiro atoms. The van der Waals surface area contributed by atoms with Crippen molar-refractivity contribution in [2.45, 2.75) is 57.7 Å². The molecular formula is C23H37NO2Si2. The second kappa shape index (κ2) is 9.39. The Kier molecular flexibility index (Phi) is 7.68. The van der Waals surface area contributed by atoms with Crippen molar-refractivity contribution in [3.05, 3.63) is 66.2 Å². The molecule has 1 N–H and O–H groups in total. The number of anilines is 1. The van der Waals surface area contributed by atoms with Crippen LogP contribution < -0.4 is 4.90 Å². The second-order valence-electron chi connectivity index (χ2n) is 9.47. The van der Waals surface area contributed by atoms with Crippen molar-refractivity contribution >= 4 is 22.3 Å². The van der Waals surface area contributed by atoms with Gasteiger partial charge >= 0.3 is 0 Å². The molecule has 0 aromatic heterocycles. The summed E-state index contributed by atoms with van der Waals surface area (Å²) in [5.41, 5.74) is 2.14. The van der Waals surface area contributed by atoms with Gasteiger partial charge < -0.3 is 14.1 Å². The zero-order chi connectivity index (χ0) is 20.8. The third-order valence-electron chi connectivity index (χ3n) is 4.74.